The van der Waals surface area contributed by atoms with Crippen LogP contribution in [0.2, 0.25) is 0 Å². The van der Waals surface area contributed by atoms with E-state index in [4.69, 9.17) is 4.74 Å². The van der Waals surface area contributed by atoms with E-state index in [0.717, 1.165) is 36.5 Å². The number of aromatic nitrogens is 3. The quantitative estimate of drug-likeness (QED) is 0.783. The van der Waals surface area contributed by atoms with Gasteiger partial charge in [0.05, 0.1) is 19.0 Å². The van der Waals surface area contributed by atoms with E-state index in [1.807, 2.05) is 42.2 Å². The van der Waals surface area contributed by atoms with Crippen molar-refractivity contribution in [1.82, 2.24) is 20.3 Å². The van der Waals surface area contributed by atoms with E-state index >= 15 is 0 Å². The maximum absolute atomic E-state index is 5.35. The highest BCUT2D eigenvalue weighted by molar-refractivity contribution is 5.46. The summed E-state index contributed by atoms with van der Waals surface area (Å²) in [5.74, 6) is 0.804. The molecule has 5 heteroatoms. The standard InChI is InChI=1S/C13H18N4O/c1-14-9-5-6-11-10-15-16-17(11)12-7-3-4-8-13(12)18-2/h3-4,7-8,10,14H,5-6,9H2,1-2H3. The summed E-state index contributed by atoms with van der Waals surface area (Å²) in [4.78, 5) is 0. The maximum atomic E-state index is 5.35. The van der Waals surface area contributed by atoms with Crippen LogP contribution in [-0.2, 0) is 6.42 Å². The molecule has 1 heterocycles. The molecule has 0 amide bonds. The van der Waals surface area contributed by atoms with E-state index in [1.165, 1.54) is 0 Å². The van der Waals surface area contributed by atoms with Gasteiger partial charge in [0.15, 0.2) is 0 Å². The Morgan fingerprint density at radius 3 is 2.94 bits per heavy atom. The van der Waals surface area contributed by atoms with Gasteiger partial charge in [-0.05, 0) is 38.6 Å². The Kier molecular flexibility index (Phi) is 4.30. The second-order valence-corrected chi connectivity index (χ2v) is 4.02. The fourth-order valence-corrected chi connectivity index (χ4v) is 1.88. The van der Waals surface area contributed by atoms with Crippen molar-refractivity contribution in [1.29, 1.82) is 0 Å². The van der Waals surface area contributed by atoms with Gasteiger partial charge in [-0.1, -0.05) is 17.3 Å². The molecule has 0 aliphatic carbocycles. The minimum Gasteiger partial charge on any atom is -0.494 e. The van der Waals surface area contributed by atoms with E-state index in [9.17, 15) is 0 Å². The van der Waals surface area contributed by atoms with Crippen molar-refractivity contribution in [3.05, 3.63) is 36.2 Å². The van der Waals surface area contributed by atoms with E-state index in [1.54, 1.807) is 7.11 Å². The number of hydrogen-bond acceptors (Lipinski definition) is 4. The number of ether oxygens (including phenoxy) is 1. The zero-order valence-corrected chi connectivity index (χ0v) is 10.8. The zero-order valence-electron chi connectivity index (χ0n) is 10.8. The van der Waals surface area contributed by atoms with Gasteiger partial charge >= 0.3 is 0 Å². The molecule has 5 nitrogen and oxygen atoms in total. The van der Waals surface area contributed by atoms with Gasteiger partial charge in [0, 0.05) is 0 Å². The summed E-state index contributed by atoms with van der Waals surface area (Å²) in [7, 11) is 3.62. The highest BCUT2D eigenvalue weighted by Gasteiger charge is 2.10. The van der Waals surface area contributed by atoms with Crippen LogP contribution in [0.15, 0.2) is 30.5 Å². The number of hydrogen-bond donors (Lipinski definition) is 1. The van der Waals surface area contributed by atoms with E-state index in [0.29, 0.717) is 0 Å². The molecule has 0 radical (unpaired) electrons. The highest BCUT2D eigenvalue weighted by Crippen LogP contribution is 2.22. The molecular formula is C13H18N4O. The molecule has 2 rings (SSSR count). The first-order valence-electron chi connectivity index (χ1n) is 6.04. The molecule has 1 N–H and O–H groups in total. The predicted octanol–water partition coefficient (Wildman–Crippen LogP) is 1.43. The van der Waals surface area contributed by atoms with Crippen molar-refractivity contribution in [2.75, 3.05) is 20.7 Å². The van der Waals surface area contributed by atoms with Crippen molar-refractivity contribution in [2.45, 2.75) is 12.8 Å². The molecule has 1 aromatic carbocycles. The van der Waals surface area contributed by atoms with Crippen LogP contribution in [0.3, 0.4) is 0 Å². The average Bonchev–Trinajstić information content (AvgIpc) is 2.87. The molecule has 0 aliphatic heterocycles. The zero-order chi connectivity index (χ0) is 12.8. The van der Waals surface area contributed by atoms with Crippen LogP contribution in [-0.4, -0.2) is 35.7 Å². The molecule has 0 saturated heterocycles. The molecule has 18 heavy (non-hydrogen) atoms. The number of rotatable bonds is 6. The summed E-state index contributed by atoms with van der Waals surface area (Å²) in [5, 5.41) is 11.3. The van der Waals surface area contributed by atoms with E-state index < -0.39 is 0 Å². The van der Waals surface area contributed by atoms with Crippen LogP contribution in [0.1, 0.15) is 12.1 Å². The van der Waals surface area contributed by atoms with Crippen molar-refractivity contribution in [2.24, 2.45) is 0 Å². The predicted molar refractivity (Wildman–Crippen MR) is 70.2 cm³/mol. The lowest BCUT2D eigenvalue weighted by Gasteiger charge is -2.10. The molecule has 96 valence electrons. The second kappa shape index (κ2) is 6.16. The summed E-state index contributed by atoms with van der Waals surface area (Å²) in [6, 6.07) is 7.82. The molecule has 0 fully saturated rings. The van der Waals surface area contributed by atoms with Crippen LogP contribution < -0.4 is 10.1 Å². The fraction of sp³-hybridized carbons (Fsp3) is 0.385. The first-order chi connectivity index (χ1) is 8.86. The smallest absolute Gasteiger partial charge is 0.144 e. The largest absolute Gasteiger partial charge is 0.494 e. The van der Waals surface area contributed by atoms with E-state index in [-0.39, 0.29) is 0 Å². The van der Waals surface area contributed by atoms with Crippen LogP contribution in [0.25, 0.3) is 5.69 Å². The SMILES string of the molecule is CNCCCc1cnnn1-c1ccccc1OC. The summed E-state index contributed by atoms with van der Waals surface area (Å²) < 4.78 is 7.19. The summed E-state index contributed by atoms with van der Waals surface area (Å²) in [5.41, 5.74) is 2.02. The topological polar surface area (TPSA) is 52.0 Å². The normalized spacial score (nSPS) is 10.6. The third-order valence-corrected chi connectivity index (χ3v) is 2.79. The Morgan fingerprint density at radius 2 is 2.17 bits per heavy atom. The third-order valence-electron chi connectivity index (χ3n) is 2.79. The Hall–Kier alpha value is -1.88. The number of methoxy groups -OCH3 is 1. The van der Waals surface area contributed by atoms with Gasteiger partial charge in [0.1, 0.15) is 11.4 Å². The molecule has 1 aromatic heterocycles. The Morgan fingerprint density at radius 1 is 1.33 bits per heavy atom. The number of nitrogens with one attached hydrogen (secondary N) is 1. The van der Waals surface area contributed by atoms with E-state index in [2.05, 4.69) is 15.6 Å². The Balaban J connectivity index is 2.25. The number of benzene rings is 1. The van der Waals surface area contributed by atoms with Gasteiger partial charge in [-0.15, -0.1) is 5.10 Å². The molecule has 0 aliphatic rings. The van der Waals surface area contributed by atoms with Crippen molar-refractivity contribution in [3.63, 3.8) is 0 Å². The summed E-state index contributed by atoms with van der Waals surface area (Å²) in [6.07, 6.45) is 3.80. The average molecular weight is 246 g/mol. The number of nitrogens with zero attached hydrogens (tertiary/aromatic N) is 3. The lowest BCUT2D eigenvalue weighted by atomic mass is 10.2. The first-order valence-corrected chi connectivity index (χ1v) is 6.04. The Labute approximate surface area is 107 Å². The first kappa shape index (κ1) is 12.6. The molecular weight excluding hydrogens is 228 g/mol. The lowest BCUT2D eigenvalue weighted by Crippen LogP contribution is -2.10. The van der Waals surface area contributed by atoms with Crippen molar-refractivity contribution >= 4 is 0 Å². The summed E-state index contributed by atoms with van der Waals surface area (Å²) >= 11 is 0. The number of aryl methyl sites for hydroxylation is 1. The van der Waals surface area contributed by atoms with Crippen molar-refractivity contribution < 1.29 is 4.74 Å². The second-order valence-electron chi connectivity index (χ2n) is 4.02. The molecule has 0 spiro atoms. The summed E-state index contributed by atoms with van der Waals surface area (Å²) in [6.45, 7) is 0.983. The van der Waals surface area contributed by atoms with Gasteiger partial charge < -0.3 is 10.1 Å². The maximum Gasteiger partial charge on any atom is 0.144 e. The van der Waals surface area contributed by atoms with Gasteiger partial charge in [-0.25, -0.2) is 4.68 Å². The van der Waals surface area contributed by atoms with Crippen LogP contribution in [0.4, 0.5) is 0 Å². The fourth-order valence-electron chi connectivity index (χ4n) is 1.88. The van der Waals surface area contributed by atoms with Gasteiger partial charge in [0.2, 0.25) is 0 Å². The minimum atomic E-state index is 0.804. The van der Waals surface area contributed by atoms with Gasteiger partial charge in [-0.2, -0.15) is 0 Å². The molecule has 0 bridgehead atoms. The monoisotopic (exact) mass is 246 g/mol. The van der Waals surface area contributed by atoms with Crippen LogP contribution in [0, 0.1) is 0 Å². The minimum absolute atomic E-state index is 0.804. The molecule has 0 unspecified atom stereocenters. The van der Waals surface area contributed by atoms with Gasteiger partial charge in [0.25, 0.3) is 0 Å². The number of para-hydroxylation sites is 2. The van der Waals surface area contributed by atoms with Gasteiger partial charge in [-0.3, -0.25) is 0 Å². The molecule has 0 atom stereocenters. The third kappa shape index (κ3) is 2.68. The highest BCUT2D eigenvalue weighted by atomic mass is 16.5. The Bertz CT molecular complexity index is 495. The van der Waals surface area contributed by atoms with Crippen LogP contribution in [0.5, 0.6) is 5.75 Å². The lowest BCUT2D eigenvalue weighted by molar-refractivity contribution is 0.411. The molecule has 2 aromatic rings. The molecule has 0 saturated carbocycles. The van der Waals surface area contributed by atoms with Crippen molar-refractivity contribution in [3.8, 4) is 11.4 Å². The van der Waals surface area contributed by atoms with Crippen LogP contribution >= 0.6 is 0 Å².